The number of alkyl halides is 2. The highest BCUT2D eigenvalue weighted by Gasteiger charge is 2.58. The zero-order valence-corrected chi connectivity index (χ0v) is 13.2. The van der Waals surface area contributed by atoms with Crippen LogP contribution in [-0.2, 0) is 12.1 Å². The van der Waals surface area contributed by atoms with E-state index in [4.69, 9.17) is 0 Å². The fraction of sp³-hybridized carbons (Fsp3) is 0.176. The largest absolute Gasteiger partial charge is 0.433 e. The summed E-state index contributed by atoms with van der Waals surface area (Å²) in [7, 11) is 0. The second kappa shape index (κ2) is 6.75. The molecule has 3 rings (SSSR count). The molecule has 0 aliphatic heterocycles. The van der Waals surface area contributed by atoms with Gasteiger partial charge in [-0.2, -0.15) is 13.9 Å². The SMILES string of the molecule is OC(Cn1cncn1)(c1ccc(F)cc1F)C(F)(F)Oc1ccccc1. The lowest BCUT2D eigenvalue weighted by Crippen LogP contribution is -2.52. The quantitative estimate of drug-likeness (QED) is 0.680. The van der Waals surface area contributed by atoms with Crippen molar-refractivity contribution in [2.24, 2.45) is 0 Å². The molecule has 0 aliphatic rings. The second-order valence-corrected chi connectivity index (χ2v) is 5.51. The van der Waals surface area contributed by atoms with Gasteiger partial charge in [0.15, 0.2) is 0 Å². The van der Waals surface area contributed by atoms with E-state index in [-0.39, 0.29) is 5.75 Å². The molecule has 1 aromatic heterocycles. The molecule has 0 aliphatic carbocycles. The second-order valence-electron chi connectivity index (χ2n) is 5.51. The molecule has 136 valence electrons. The first-order chi connectivity index (χ1) is 12.3. The Balaban J connectivity index is 2.07. The predicted octanol–water partition coefficient (Wildman–Crippen LogP) is 3.12. The van der Waals surface area contributed by atoms with E-state index < -0.39 is 35.5 Å². The van der Waals surface area contributed by atoms with E-state index in [1.165, 1.54) is 24.3 Å². The molecule has 0 radical (unpaired) electrons. The van der Waals surface area contributed by atoms with Crippen LogP contribution in [0.5, 0.6) is 5.75 Å². The van der Waals surface area contributed by atoms with Gasteiger partial charge in [-0.05, 0) is 24.3 Å². The minimum atomic E-state index is -4.28. The molecule has 3 aromatic rings. The monoisotopic (exact) mass is 367 g/mol. The van der Waals surface area contributed by atoms with Gasteiger partial charge in [0.1, 0.15) is 30.0 Å². The summed E-state index contributed by atoms with van der Waals surface area (Å²) in [5.74, 6) is -2.55. The lowest BCUT2D eigenvalue weighted by Gasteiger charge is -2.35. The minimum absolute atomic E-state index is 0.239. The van der Waals surface area contributed by atoms with Crippen molar-refractivity contribution in [1.82, 2.24) is 14.8 Å². The number of ether oxygens (including phenoxy) is 1. The van der Waals surface area contributed by atoms with Gasteiger partial charge in [-0.25, -0.2) is 18.4 Å². The fourth-order valence-corrected chi connectivity index (χ4v) is 2.43. The Morgan fingerprint density at radius 2 is 1.81 bits per heavy atom. The Morgan fingerprint density at radius 3 is 2.42 bits per heavy atom. The summed E-state index contributed by atoms with van der Waals surface area (Å²) in [5, 5.41) is 14.4. The molecular weight excluding hydrogens is 354 g/mol. The van der Waals surface area contributed by atoms with Crippen molar-refractivity contribution in [3.63, 3.8) is 0 Å². The number of aliphatic hydroxyl groups is 1. The number of nitrogens with zero attached hydrogens (tertiary/aromatic N) is 3. The van der Waals surface area contributed by atoms with Gasteiger partial charge in [-0.3, -0.25) is 0 Å². The van der Waals surface area contributed by atoms with Gasteiger partial charge in [-0.15, -0.1) is 0 Å². The van der Waals surface area contributed by atoms with Gasteiger partial charge in [0, 0.05) is 11.6 Å². The summed E-state index contributed by atoms with van der Waals surface area (Å²) in [4.78, 5) is 3.60. The van der Waals surface area contributed by atoms with Crippen LogP contribution >= 0.6 is 0 Å². The highest BCUT2D eigenvalue weighted by molar-refractivity contribution is 5.29. The van der Waals surface area contributed by atoms with E-state index in [0.717, 1.165) is 29.5 Å². The predicted molar refractivity (Wildman–Crippen MR) is 82.3 cm³/mol. The Bertz CT molecular complexity index is 875. The van der Waals surface area contributed by atoms with Crippen LogP contribution in [0.4, 0.5) is 17.6 Å². The van der Waals surface area contributed by atoms with Crippen molar-refractivity contribution >= 4 is 0 Å². The van der Waals surface area contributed by atoms with Crippen LogP contribution < -0.4 is 4.74 Å². The molecule has 0 spiro atoms. The van der Waals surface area contributed by atoms with Crippen molar-refractivity contribution < 1.29 is 27.4 Å². The van der Waals surface area contributed by atoms with E-state index in [9.17, 15) is 22.7 Å². The third-order valence-corrected chi connectivity index (χ3v) is 3.70. The molecule has 2 aromatic carbocycles. The topological polar surface area (TPSA) is 60.2 Å². The lowest BCUT2D eigenvalue weighted by atomic mass is 9.91. The minimum Gasteiger partial charge on any atom is -0.430 e. The zero-order valence-electron chi connectivity index (χ0n) is 13.2. The summed E-state index contributed by atoms with van der Waals surface area (Å²) >= 11 is 0. The maximum absolute atomic E-state index is 14.9. The van der Waals surface area contributed by atoms with E-state index in [2.05, 4.69) is 14.8 Å². The molecule has 1 N–H and O–H groups in total. The number of benzene rings is 2. The van der Waals surface area contributed by atoms with Gasteiger partial charge < -0.3 is 9.84 Å². The number of hydrogen-bond donors (Lipinski definition) is 1. The number of halogens is 4. The van der Waals surface area contributed by atoms with Crippen LogP contribution in [0.2, 0.25) is 0 Å². The lowest BCUT2D eigenvalue weighted by molar-refractivity contribution is -0.301. The van der Waals surface area contributed by atoms with Crippen LogP contribution in [0.1, 0.15) is 5.56 Å². The molecule has 9 heteroatoms. The van der Waals surface area contributed by atoms with Gasteiger partial charge in [0.05, 0.1) is 6.54 Å². The van der Waals surface area contributed by atoms with Crippen molar-refractivity contribution in [3.05, 3.63) is 78.4 Å². The summed E-state index contributed by atoms with van der Waals surface area (Å²) in [6, 6.07) is 8.93. The number of aromatic nitrogens is 3. The summed E-state index contributed by atoms with van der Waals surface area (Å²) < 4.78 is 62.8. The first kappa shape index (κ1) is 17.9. The molecule has 0 bridgehead atoms. The number of hydrogen-bond acceptors (Lipinski definition) is 4. The highest BCUT2D eigenvalue weighted by atomic mass is 19.3. The summed E-state index contributed by atoms with van der Waals surface area (Å²) in [6.07, 6.45) is -2.14. The van der Waals surface area contributed by atoms with Crippen LogP contribution in [0, 0.1) is 11.6 Å². The molecular formula is C17H13F4N3O2. The van der Waals surface area contributed by atoms with Crippen molar-refractivity contribution in [3.8, 4) is 5.75 Å². The average molecular weight is 367 g/mol. The third-order valence-electron chi connectivity index (χ3n) is 3.70. The van der Waals surface area contributed by atoms with E-state index in [1.807, 2.05) is 0 Å². The maximum Gasteiger partial charge on any atom is 0.433 e. The van der Waals surface area contributed by atoms with Gasteiger partial charge in [0.25, 0.3) is 0 Å². The van der Waals surface area contributed by atoms with E-state index >= 15 is 0 Å². The molecule has 0 saturated heterocycles. The Hall–Kier alpha value is -2.94. The van der Waals surface area contributed by atoms with E-state index in [0.29, 0.717) is 6.07 Å². The standard InChI is InChI=1S/C17H13F4N3O2/c18-12-6-7-14(15(19)8-12)16(25,9-24-11-22-10-23-24)17(20,21)26-13-4-2-1-3-5-13/h1-8,10-11,25H,9H2. The molecule has 26 heavy (non-hydrogen) atoms. The van der Waals surface area contributed by atoms with Gasteiger partial charge in [-0.1, -0.05) is 18.2 Å². The van der Waals surface area contributed by atoms with Crippen molar-refractivity contribution in [1.29, 1.82) is 0 Å². The van der Waals surface area contributed by atoms with Gasteiger partial charge >= 0.3 is 6.11 Å². The smallest absolute Gasteiger partial charge is 0.430 e. The molecule has 0 amide bonds. The molecule has 0 saturated carbocycles. The van der Waals surface area contributed by atoms with Gasteiger partial charge in [0.2, 0.25) is 5.60 Å². The van der Waals surface area contributed by atoms with Crippen LogP contribution in [-0.4, -0.2) is 26.0 Å². The van der Waals surface area contributed by atoms with E-state index in [1.54, 1.807) is 6.07 Å². The van der Waals surface area contributed by atoms with Crippen LogP contribution in [0.15, 0.2) is 61.2 Å². The van der Waals surface area contributed by atoms with Crippen LogP contribution in [0.25, 0.3) is 0 Å². The molecule has 1 heterocycles. The zero-order chi connectivity index (χ0) is 18.8. The summed E-state index contributed by atoms with van der Waals surface area (Å²) in [6.45, 7) is -0.880. The van der Waals surface area contributed by atoms with Crippen molar-refractivity contribution in [2.45, 2.75) is 18.3 Å². The number of para-hydroxylation sites is 1. The van der Waals surface area contributed by atoms with Crippen LogP contribution in [0.3, 0.4) is 0 Å². The molecule has 0 fully saturated rings. The summed E-state index contributed by atoms with van der Waals surface area (Å²) in [5.41, 5.74) is -4.02. The fourth-order valence-electron chi connectivity index (χ4n) is 2.43. The molecule has 1 atom stereocenters. The maximum atomic E-state index is 14.9. The third kappa shape index (κ3) is 3.38. The number of rotatable bonds is 6. The highest BCUT2D eigenvalue weighted by Crippen LogP contribution is 2.41. The average Bonchev–Trinajstić information content (AvgIpc) is 3.07. The van der Waals surface area contributed by atoms with Crippen molar-refractivity contribution in [2.75, 3.05) is 0 Å². The molecule has 1 unspecified atom stereocenters. The first-order valence-electron chi connectivity index (χ1n) is 7.44. The first-order valence-corrected chi connectivity index (χ1v) is 7.44. The Labute approximate surface area is 145 Å². The Morgan fingerprint density at radius 1 is 1.08 bits per heavy atom. The Kier molecular flexibility index (Phi) is 4.64. The normalized spacial score (nSPS) is 14.0. The molecule has 5 nitrogen and oxygen atoms in total.